The number of nitrogen functional groups attached to an aromatic ring is 1. The molecule has 1 aromatic carbocycles. The molecule has 3 N–H and O–H groups in total. The number of amides is 1. The summed E-state index contributed by atoms with van der Waals surface area (Å²) >= 11 is 0. The zero-order valence-electron chi connectivity index (χ0n) is 10.0. The molecule has 0 saturated carbocycles. The molecule has 0 spiro atoms. The number of rotatable bonds is 5. The second-order valence-electron chi connectivity index (χ2n) is 3.61. The van der Waals surface area contributed by atoms with Crippen LogP contribution >= 0.6 is 0 Å². The number of hydrogen-bond acceptors (Lipinski definition) is 4. The van der Waals surface area contributed by atoms with E-state index >= 15 is 0 Å². The number of halogens is 1. The van der Waals surface area contributed by atoms with Crippen LogP contribution in [0.15, 0.2) is 18.2 Å². The van der Waals surface area contributed by atoms with Crippen molar-refractivity contribution in [2.45, 2.75) is 13.3 Å². The van der Waals surface area contributed by atoms with E-state index in [1.165, 1.54) is 6.07 Å². The Morgan fingerprint density at radius 3 is 2.72 bits per heavy atom. The number of nitrogens with one attached hydrogen (secondary N) is 1. The number of ether oxygens (including phenoxy) is 1. The molecule has 0 aromatic heterocycles. The molecule has 98 valence electrons. The highest BCUT2D eigenvalue weighted by Gasteiger charge is 2.10. The van der Waals surface area contributed by atoms with Crippen LogP contribution in [0.1, 0.15) is 23.7 Å². The van der Waals surface area contributed by atoms with Crippen LogP contribution in [-0.2, 0) is 9.53 Å². The molecule has 1 aromatic rings. The quantitative estimate of drug-likeness (QED) is 0.608. The van der Waals surface area contributed by atoms with Crippen molar-refractivity contribution in [1.29, 1.82) is 0 Å². The van der Waals surface area contributed by atoms with Crippen molar-refractivity contribution in [2.24, 2.45) is 0 Å². The first kappa shape index (κ1) is 14.0. The topological polar surface area (TPSA) is 81.4 Å². The third kappa shape index (κ3) is 4.40. The molecule has 0 unspecified atom stereocenters. The molecule has 0 radical (unpaired) electrons. The zero-order valence-corrected chi connectivity index (χ0v) is 10.0. The van der Waals surface area contributed by atoms with Gasteiger partial charge in [0.05, 0.1) is 12.0 Å². The first-order valence-electron chi connectivity index (χ1n) is 5.52. The van der Waals surface area contributed by atoms with Crippen LogP contribution in [0.5, 0.6) is 0 Å². The Balaban J connectivity index is 2.48. The summed E-state index contributed by atoms with van der Waals surface area (Å²) in [4.78, 5) is 22.6. The highest BCUT2D eigenvalue weighted by atomic mass is 19.1. The van der Waals surface area contributed by atoms with E-state index in [-0.39, 0.29) is 30.2 Å². The molecule has 1 amide bonds. The Hall–Kier alpha value is -2.11. The predicted molar refractivity (Wildman–Crippen MR) is 64.4 cm³/mol. The number of anilines is 1. The van der Waals surface area contributed by atoms with Gasteiger partial charge in [-0.1, -0.05) is 0 Å². The second kappa shape index (κ2) is 6.58. The van der Waals surface area contributed by atoms with E-state index in [1.54, 1.807) is 6.92 Å². The maximum absolute atomic E-state index is 13.0. The highest BCUT2D eigenvalue weighted by molar-refractivity contribution is 5.90. The average molecular weight is 254 g/mol. The summed E-state index contributed by atoms with van der Waals surface area (Å²) in [5.41, 5.74) is 5.58. The van der Waals surface area contributed by atoms with E-state index in [4.69, 9.17) is 10.5 Å². The number of nitrogens with two attached hydrogens (primary N) is 1. The fourth-order valence-electron chi connectivity index (χ4n) is 1.34. The highest BCUT2D eigenvalue weighted by Crippen LogP contribution is 2.11. The van der Waals surface area contributed by atoms with E-state index in [9.17, 15) is 14.0 Å². The van der Waals surface area contributed by atoms with E-state index in [2.05, 4.69) is 5.32 Å². The molecule has 0 bridgehead atoms. The van der Waals surface area contributed by atoms with Gasteiger partial charge in [0.15, 0.2) is 0 Å². The van der Waals surface area contributed by atoms with Crippen molar-refractivity contribution in [2.75, 3.05) is 18.9 Å². The fraction of sp³-hybridized carbons (Fsp3) is 0.333. The molecule has 0 aliphatic rings. The molecule has 5 nitrogen and oxygen atoms in total. The smallest absolute Gasteiger partial charge is 0.338 e. The van der Waals surface area contributed by atoms with Crippen LogP contribution in [0, 0.1) is 5.82 Å². The lowest BCUT2D eigenvalue weighted by atomic mass is 10.2. The van der Waals surface area contributed by atoms with Crippen molar-refractivity contribution < 1.29 is 18.7 Å². The summed E-state index contributed by atoms with van der Waals surface area (Å²) in [6, 6.07) is 3.45. The third-order valence-electron chi connectivity index (χ3n) is 2.09. The van der Waals surface area contributed by atoms with E-state index in [0.29, 0.717) is 6.54 Å². The third-order valence-corrected chi connectivity index (χ3v) is 2.09. The minimum Gasteiger partial charge on any atom is -0.462 e. The van der Waals surface area contributed by atoms with Crippen molar-refractivity contribution in [3.8, 4) is 0 Å². The fourth-order valence-corrected chi connectivity index (χ4v) is 1.34. The Morgan fingerprint density at radius 2 is 2.11 bits per heavy atom. The number of esters is 1. The summed E-state index contributed by atoms with van der Waals surface area (Å²) in [5.74, 6) is -1.51. The molecule has 1 rings (SSSR count). The Labute approximate surface area is 104 Å². The standard InChI is InChI=1S/C12H15FN2O3/c1-2-15-11(16)3-4-18-12(17)8-5-9(13)7-10(14)6-8/h5-7H,2-4,14H2,1H3,(H,15,16). The van der Waals surface area contributed by atoms with Crippen LogP contribution in [0.25, 0.3) is 0 Å². The summed E-state index contributed by atoms with van der Waals surface area (Å²) in [5, 5.41) is 2.57. The number of benzene rings is 1. The first-order chi connectivity index (χ1) is 8.52. The van der Waals surface area contributed by atoms with Crippen molar-refractivity contribution >= 4 is 17.6 Å². The molecular formula is C12H15FN2O3. The van der Waals surface area contributed by atoms with Crippen molar-refractivity contribution in [3.63, 3.8) is 0 Å². The van der Waals surface area contributed by atoms with Gasteiger partial charge in [0.25, 0.3) is 0 Å². The Kier molecular flexibility index (Phi) is 5.10. The molecule has 0 aliphatic heterocycles. The Bertz CT molecular complexity index is 429. The molecule has 6 heteroatoms. The Morgan fingerprint density at radius 1 is 1.39 bits per heavy atom. The van der Waals surface area contributed by atoms with Crippen molar-refractivity contribution in [1.82, 2.24) is 5.32 Å². The summed E-state index contributed by atoms with van der Waals surface area (Å²) in [7, 11) is 0. The van der Waals surface area contributed by atoms with E-state index in [0.717, 1.165) is 12.1 Å². The molecular weight excluding hydrogens is 239 g/mol. The van der Waals surface area contributed by atoms with Gasteiger partial charge in [-0.05, 0) is 25.1 Å². The SMILES string of the molecule is CCNC(=O)CCOC(=O)c1cc(N)cc(F)c1. The normalized spacial score (nSPS) is 9.89. The van der Waals surface area contributed by atoms with Gasteiger partial charge in [-0.25, -0.2) is 9.18 Å². The van der Waals surface area contributed by atoms with Gasteiger partial charge in [0.1, 0.15) is 12.4 Å². The number of hydrogen-bond donors (Lipinski definition) is 2. The minimum absolute atomic E-state index is 0.0309. The van der Waals surface area contributed by atoms with Crippen LogP contribution in [-0.4, -0.2) is 25.0 Å². The number of carbonyl (C=O) groups excluding carboxylic acids is 2. The van der Waals surface area contributed by atoms with Crippen LogP contribution in [0.4, 0.5) is 10.1 Å². The lowest BCUT2D eigenvalue weighted by molar-refractivity contribution is -0.121. The molecule has 0 aliphatic carbocycles. The van der Waals surface area contributed by atoms with Gasteiger partial charge in [0, 0.05) is 12.2 Å². The largest absolute Gasteiger partial charge is 0.462 e. The average Bonchev–Trinajstić information content (AvgIpc) is 2.27. The van der Waals surface area contributed by atoms with E-state index < -0.39 is 11.8 Å². The van der Waals surface area contributed by atoms with E-state index in [1.807, 2.05) is 0 Å². The van der Waals surface area contributed by atoms with Crippen molar-refractivity contribution in [3.05, 3.63) is 29.6 Å². The van der Waals surface area contributed by atoms with Crippen LogP contribution in [0.3, 0.4) is 0 Å². The zero-order chi connectivity index (χ0) is 13.5. The van der Waals surface area contributed by atoms with Gasteiger partial charge < -0.3 is 15.8 Å². The predicted octanol–water partition coefficient (Wildman–Crippen LogP) is 1.09. The lowest BCUT2D eigenvalue weighted by Crippen LogP contribution is -2.24. The number of carbonyl (C=O) groups is 2. The monoisotopic (exact) mass is 254 g/mol. The van der Waals surface area contributed by atoms with Gasteiger partial charge in [-0.3, -0.25) is 4.79 Å². The van der Waals surface area contributed by atoms with Gasteiger partial charge in [-0.2, -0.15) is 0 Å². The van der Waals surface area contributed by atoms with Gasteiger partial charge >= 0.3 is 5.97 Å². The minimum atomic E-state index is -0.703. The summed E-state index contributed by atoms with van der Waals surface area (Å²) in [6.45, 7) is 2.26. The van der Waals surface area contributed by atoms with Gasteiger partial charge in [0.2, 0.25) is 5.91 Å². The lowest BCUT2D eigenvalue weighted by Gasteiger charge is -2.06. The van der Waals surface area contributed by atoms with Gasteiger partial charge in [-0.15, -0.1) is 0 Å². The maximum atomic E-state index is 13.0. The molecule has 18 heavy (non-hydrogen) atoms. The molecule has 0 atom stereocenters. The summed E-state index contributed by atoms with van der Waals surface area (Å²) < 4.78 is 17.8. The second-order valence-corrected chi connectivity index (χ2v) is 3.61. The first-order valence-corrected chi connectivity index (χ1v) is 5.52. The summed E-state index contributed by atoms with van der Waals surface area (Å²) in [6.07, 6.45) is 0.0738. The molecule has 0 fully saturated rings. The molecule has 0 saturated heterocycles. The molecule has 0 heterocycles. The van der Waals surface area contributed by atoms with Crippen LogP contribution in [0.2, 0.25) is 0 Å². The van der Waals surface area contributed by atoms with Crippen LogP contribution < -0.4 is 11.1 Å². The maximum Gasteiger partial charge on any atom is 0.338 e.